The van der Waals surface area contributed by atoms with Crippen molar-refractivity contribution in [3.8, 4) is 5.75 Å². The van der Waals surface area contributed by atoms with E-state index in [0.717, 1.165) is 29.7 Å². The van der Waals surface area contributed by atoms with E-state index in [2.05, 4.69) is 0 Å². The van der Waals surface area contributed by atoms with Gasteiger partial charge in [-0.05, 0) is 32.3 Å². The lowest BCUT2D eigenvalue weighted by Crippen LogP contribution is -2.31. The molecule has 1 atom stereocenters. The molecule has 0 spiro atoms. The van der Waals surface area contributed by atoms with Crippen LogP contribution in [0, 0.1) is 0 Å². The highest BCUT2D eigenvalue weighted by atomic mass is 16.5. The van der Waals surface area contributed by atoms with E-state index in [1.807, 2.05) is 25.1 Å². The van der Waals surface area contributed by atoms with Crippen molar-refractivity contribution in [2.24, 2.45) is 0 Å². The number of hydrogen-bond acceptors (Lipinski definition) is 3. The standard InChI is InChI=1S/C15H20O3/c1-3-15(2,17)10-18-14-9-5-6-11-12(14)7-4-8-13(11)16/h5-6,9,17H,3-4,7-8,10H2,1-2H3. The van der Waals surface area contributed by atoms with E-state index in [1.54, 1.807) is 6.92 Å². The molecule has 1 aliphatic carbocycles. The predicted octanol–water partition coefficient (Wildman–Crippen LogP) is 2.75. The van der Waals surface area contributed by atoms with Gasteiger partial charge in [0.05, 0.1) is 5.60 Å². The van der Waals surface area contributed by atoms with Crippen LogP contribution in [0.5, 0.6) is 5.75 Å². The first kappa shape index (κ1) is 13.1. The summed E-state index contributed by atoms with van der Waals surface area (Å²) in [6.07, 6.45) is 3.03. The van der Waals surface area contributed by atoms with Gasteiger partial charge in [0.1, 0.15) is 12.4 Å². The van der Waals surface area contributed by atoms with Gasteiger partial charge in [0.2, 0.25) is 0 Å². The van der Waals surface area contributed by atoms with Crippen molar-refractivity contribution in [3.05, 3.63) is 29.3 Å². The van der Waals surface area contributed by atoms with Crippen molar-refractivity contribution < 1.29 is 14.6 Å². The van der Waals surface area contributed by atoms with Gasteiger partial charge in [-0.25, -0.2) is 0 Å². The van der Waals surface area contributed by atoms with Gasteiger partial charge in [0.15, 0.2) is 5.78 Å². The Morgan fingerprint density at radius 3 is 2.89 bits per heavy atom. The Kier molecular flexibility index (Phi) is 3.71. The van der Waals surface area contributed by atoms with Crippen LogP contribution in [0.3, 0.4) is 0 Å². The zero-order chi connectivity index (χ0) is 13.2. The Hall–Kier alpha value is -1.35. The summed E-state index contributed by atoms with van der Waals surface area (Å²) in [5, 5.41) is 9.95. The third-order valence-electron chi connectivity index (χ3n) is 3.56. The molecule has 1 aliphatic rings. The summed E-state index contributed by atoms with van der Waals surface area (Å²) in [7, 11) is 0. The maximum absolute atomic E-state index is 11.8. The molecule has 3 heteroatoms. The summed E-state index contributed by atoms with van der Waals surface area (Å²) in [6, 6.07) is 5.59. The fourth-order valence-corrected chi connectivity index (χ4v) is 2.12. The van der Waals surface area contributed by atoms with Gasteiger partial charge in [-0.2, -0.15) is 0 Å². The molecular formula is C15H20O3. The average Bonchev–Trinajstić information content (AvgIpc) is 2.37. The number of rotatable bonds is 4. The third kappa shape index (κ3) is 2.72. The fourth-order valence-electron chi connectivity index (χ4n) is 2.12. The van der Waals surface area contributed by atoms with E-state index in [-0.39, 0.29) is 12.4 Å². The van der Waals surface area contributed by atoms with Crippen LogP contribution in [0.25, 0.3) is 0 Å². The monoisotopic (exact) mass is 248 g/mol. The first-order chi connectivity index (χ1) is 8.53. The predicted molar refractivity (Wildman–Crippen MR) is 70.1 cm³/mol. The number of ketones is 1. The van der Waals surface area contributed by atoms with E-state index >= 15 is 0 Å². The quantitative estimate of drug-likeness (QED) is 0.891. The van der Waals surface area contributed by atoms with E-state index in [0.29, 0.717) is 12.8 Å². The smallest absolute Gasteiger partial charge is 0.163 e. The molecule has 0 saturated heterocycles. The highest BCUT2D eigenvalue weighted by Crippen LogP contribution is 2.30. The Labute approximate surface area is 108 Å². The number of fused-ring (bicyclic) bond motifs is 1. The normalized spacial score (nSPS) is 18.1. The SMILES string of the molecule is CCC(C)(O)COc1cccc2c1CCCC2=O. The molecule has 0 aromatic heterocycles. The van der Waals surface area contributed by atoms with E-state index < -0.39 is 5.60 Å². The van der Waals surface area contributed by atoms with Crippen LogP contribution in [-0.2, 0) is 6.42 Å². The van der Waals surface area contributed by atoms with Crippen molar-refractivity contribution in [3.63, 3.8) is 0 Å². The van der Waals surface area contributed by atoms with Gasteiger partial charge in [0, 0.05) is 17.5 Å². The molecule has 1 aromatic rings. The zero-order valence-electron chi connectivity index (χ0n) is 11.0. The number of Topliss-reactive ketones (excluding diaryl/α,β-unsaturated/α-hetero) is 1. The highest BCUT2D eigenvalue weighted by Gasteiger charge is 2.23. The van der Waals surface area contributed by atoms with Crippen LogP contribution in [-0.4, -0.2) is 23.1 Å². The fraction of sp³-hybridized carbons (Fsp3) is 0.533. The average molecular weight is 248 g/mol. The van der Waals surface area contributed by atoms with Crippen LogP contribution < -0.4 is 4.74 Å². The van der Waals surface area contributed by atoms with Crippen molar-refractivity contribution >= 4 is 5.78 Å². The summed E-state index contributed by atoms with van der Waals surface area (Å²) in [5.41, 5.74) is 0.969. The molecule has 18 heavy (non-hydrogen) atoms. The number of hydrogen-bond donors (Lipinski definition) is 1. The van der Waals surface area contributed by atoms with Gasteiger partial charge in [0.25, 0.3) is 0 Å². The van der Waals surface area contributed by atoms with Gasteiger partial charge in [-0.1, -0.05) is 19.1 Å². The molecule has 3 nitrogen and oxygen atoms in total. The summed E-state index contributed by atoms with van der Waals surface area (Å²) in [4.78, 5) is 11.8. The number of carbonyl (C=O) groups is 1. The molecule has 0 bridgehead atoms. The van der Waals surface area contributed by atoms with Crippen molar-refractivity contribution in [2.75, 3.05) is 6.61 Å². The Balaban J connectivity index is 2.19. The minimum atomic E-state index is -0.818. The molecule has 0 fully saturated rings. The minimum absolute atomic E-state index is 0.198. The van der Waals surface area contributed by atoms with Crippen LogP contribution >= 0.6 is 0 Å². The summed E-state index contributed by atoms with van der Waals surface area (Å²) < 4.78 is 5.71. The number of aliphatic hydroxyl groups is 1. The van der Waals surface area contributed by atoms with Crippen LogP contribution in [0.1, 0.15) is 49.0 Å². The summed E-state index contributed by atoms with van der Waals surface area (Å²) in [6.45, 7) is 3.94. The minimum Gasteiger partial charge on any atom is -0.490 e. The molecule has 98 valence electrons. The van der Waals surface area contributed by atoms with E-state index in [1.165, 1.54) is 0 Å². The Bertz CT molecular complexity index is 449. The topological polar surface area (TPSA) is 46.5 Å². The van der Waals surface area contributed by atoms with Crippen LogP contribution in [0.4, 0.5) is 0 Å². The molecule has 2 rings (SSSR count). The maximum atomic E-state index is 11.8. The molecule has 0 aliphatic heterocycles. The van der Waals surface area contributed by atoms with Crippen molar-refractivity contribution in [1.29, 1.82) is 0 Å². The zero-order valence-corrected chi connectivity index (χ0v) is 11.0. The lowest BCUT2D eigenvalue weighted by molar-refractivity contribution is 0.00815. The lowest BCUT2D eigenvalue weighted by Gasteiger charge is -2.24. The largest absolute Gasteiger partial charge is 0.490 e. The molecule has 1 aromatic carbocycles. The first-order valence-corrected chi connectivity index (χ1v) is 6.54. The second-order valence-electron chi connectivity index (χ2n) is 5.20. The molecule has 0 amide bonds. The van der Waals surface area contributed by atoms with Crippen LogP contribution in [0.2, 0.25) is 0 Å². The van der Waals surface area contributed by atoms with Crippen molar-refractivity contribution in [2.45, 2.75) is 45.1 Å². The Morgan fingerprint density at radius 1 is 1.39 bits per heavy atom. The molecule has 0 heterocycles. The van der Waals surface area contributed by atoms with Crippen molar-refractivity contribution in [1.82, 2.24) is 0 Å². The lowest BCUT2D eigenvalue weighted by atomic mass is 9.90. The number of ether oxygens (including phenoxy) is 1. The van der Waals surface area contributed by atoms with Gasteiger partial charge < -0.3 is 9.84 Å². The number of benzene rings is 1. The summed E-state index contributed by atoms with van der Waals surface area (Å²) >= 11 is 0. The Morgan fingerprint density at radius 2 is 2.17 bits per heavy atom. The number of carbonyl (C=O) groups excluding carboxylic acids is 1. The molecular weight excluding hydrogens is 228 g/mol. The maximum Gasteiger partial charge on any atom is 0.163 e. The molecule has 1 N–H and O–H groups in total. The summed E-state index contributed by atoms with van der Waals surface area (Å²) in [5.74, 6) is 0.943. The second-order valence-corrected chi connectivity index (χ2v) is 5.20. The van der Waals surface area contributed by atoms with Gasteiger partial charge in [-0.3, -0.25) is 4.79 Å². The first-order valence-electron chi connectivity index (χ1n) is 6.54. The third-order valence-corrected chi connectivity index (χ3v) is 3.56. The van der Waals surface area contributed by atoms with Gasteiger partial charge >= 0.3 is 0 Å². The van der Waals surface area contributed by atoms with E-state index in [4.69, 9.17) is 4.74 Å². The molecule has 1 unspecified atom stereocenters. The highest BCUT2D eigenvalue weighted by molar-refractivity contribution is 5.99. The second kappa shape index (κ2) is 5.11. The van der Waals surface area contributed by atoms with Crippen LogP contribution in [0.15, 0.2) is 18.2 Å². The molecule has 0 radical (unpaired) electrons. The molecule has 0 saturated carbocycles. The van der Waals surface area contributed by atoms with E-state index in [9.17, 15) is 9.90 Å². The van der Waals surface area contributed by atoms with Gasteiger partial charge in [-0.15, -0.1) is 0 Å².